The standard InChI is InChI=1S/C28H33FN2O3/c1-30-27(34)18-3-4-22-17(12-18)2-5-24-23(22)9-11-28(10-8-21(33)16-32)25(6-7-26(24)28)19-13-20(29)15-31-14-19/h3-4,6,12-15,21,23-24,26,32-33H,2,5,7-11,16H2,1H3,(H,30,34)/t21?,23-,24-,26+,28-/m1/s1. The highest BCUT2D eigenvalue weighted by Crippen LogP contribution is 2.65. The molecular formula is C28H33FN2O3. The Morgan fingerprint density at radius 2 is 2.15 bits per heavy atom. The van der Waals surface area contributed by atoms with Crippen LogP contribution in [0.5, 0.6) is 0 Å². The molecule has 0 aliphatic heterocycles. The number of benzene rings is 1. The molecule has 5 atom stereocenters. The maximum absolute atomic E-state index is 14.1. The first kappa shape index (κ1) is 23.2. The van der Waals surface area contributed by atoms with Crippen molar-refractivity contribution in [1.82, 2.24) is 10.3 Å². The van der Waals surface area contributed by atoms with Gasteiger partial charge in [-0.05, 0) is 109 Å². The number of fused-ring (bicyclic) bond motifs is 5. The quantitative estimate of drug-likeness (QED) is 0.597. The van der Waals surface area contributed by atoms with Gasteiger partial charge < -0.3 is 15.5 Å². The van der Waals surface area contributed by atoms with Crippen molar-refractivity contribution in [1.29, 1.82) is 0 Å². The van der Waals surface area contributed by atoms with Crippen molar-refractivity contribution in [3.63, 3.8) is 0 Å². The molecule has 0 spiro atoms. The number of nitrogens with zero attached hydrogens (tertiary/aromatic N) is 1. The molecule has 6 heteroatoms. The highest BCUT2D eigenvalue weighted by Gasteiger charge is 2.54. The van der Waals surface area contributed by atoms with Gasteiger partial charge >= 0.3 is 0 Å². The summed E-state index contributed by atoms with van der Waals surface area (Å²) in [5, 5.41) is 22.3. The van der Waals surface area contributed by atoms with Crippen LogP contribution >= 0.6 is 0 Å². The predicted molar refractivity (Wildman–Crippen MR) is 129 cm³/mol. The van der Waals surface area contributed by atoms with Gasteiger partial charge in [0.05, 0.1) is 18.9 Å². The SMILES string of the molecule is CNC(=O)c1ccc2c(c1)CC[C@@H]1[C@@H]2CC[C@]2(CCC(O)CO)C(c3cncc(F)c3)=CC[C@@H]12. The fourth-order valence-electron chi connectivity index (χ4n) is 7.19. The molecule has 0 radical (unpaired) electrons. The van der Waals surface area contributed by atoms with Gasteiger partial charge in [0.2, 0.25) is 0 Å². The molecule has 0 bridgehead atoms. The van der Waals surface area contributed by atoms with Crippen LogP contribution in [0.15, 0.2) is 42.7 Å². The Morgan fingerprint density at radius 3 is 2.91 bits per heavy atom. The first-order chi connectivity index (χ1) is 16.5. The largest absolute Gasteiger partial charge is 0.394 e. The Balaban J connectivity index is 1.48. The van der Waals surface area contributed by atoms with E-state index in [1.807, 2.05) is 6.07 Å². The van der Waals surface area contributed by atoms with Crippen molar-refractivity contribution in [2.45, 2.75) is 57.0 Å². The van der Waals surface area contributed by atoms with Crippen LogP contribution in [0.4, 0.5) is 4.39 Å². The third-order valence-corrected chi connectivity index (χ3v) is 8.69. The van der Waals surface area contributed by atoms with Gasteiger partial charge in [-0.1, -0.05) is 12.1 Å². The molecule has 1 unspecified atom stereocenters. The Kier molecular flexibility index (Phi) is 6.30. The highest BCUT2D eigenvalue weighted by molar-refractivity contribution is 5.94. The number of aliphatic hydroxyl groups excluding tert-OH is 2. The number of amides is 1. The van der Waals surface area contributed by atoms with Gasteiger partial charge in [0.25, 0.3) is 5.91 Å². The molecule has 1 aromatic carbocycles. The number of nitrogens with one attached hydrogen (secondary N) is 1. The molecule has 1 aromatic heterocycles. The summed E-state index contributed by atoms with van der Waals surface area (Å²) in [4.78, 5) is 16.2. The average molecular weight is 465 g/mol. The topological polar surface area (TPSA) is 82.5 Å². The van der Waals surface area contributed by atoms with Gasteiger partial charge in [-0.15, -0.1) is 0 Å². The Morgan fingerprint density at radius 1 is 1.29 bits per heavy atom. The summed E-state index contributed by atoms with van der Waals surface area (Å²) in [5.41, 5.74) is 5.22. The molecule has 3 aliphatic rings. The van der Waals surface area contributed by atoms with E-state index in [9.17, 15) is 19.4 Å². The number of aryl methyl sites for hydroxylation is 1. The smallest absolute Gasteiger partial charge is 0.251 e. The highest BCUT2D eigenvalue weighted by atomic mass is 19.1. The van der Waals surface area contributed by atoms with Crippen LogP contribution in [0.2, 0.25) is 0 Å². The molecule has 1 amide bonds. The molecule has 5 nitrogen and oxygen atoms in total. The Labute approximate surface area is 200 Å². The zero-order valence-corrected chi connectivity index (χ0v) is 19.6. The number of aliphatic hydroxyl groups is 2. The van der Waals surface area contributed by atoms with Crippen molar-refractivity contribution in [2.75, 3.05) is 13.7 Å². The fraction of sp³-hybridized carbons (Fsp3) is 0.500. The maximum atomic E-state index is 14.1. The number of halogens is 1. The van der Waals surface area contributed by atoms with E-state index in [2.05, 4.69) is 28.5 Å². The van der Waals surface area contributed by atoms with E-state index in [1.165, 1.54) is 17.3 Å². The first-order valence-electron chi connectivity index (χ1n) is 12.4. The Hall–Kier alpha value is -2.57. The van der Waals surface area contributed by atoms with E-state index >= 15 is 0 Å². The van der Waals surface area contributed by atoms with Crippen molar-refractivity contribution >= 4 is 11.5 Å². The van der Waals surface area contributed by atoms with E-state index in [0.717, 1.165) is 49.7 Å². The van der Waals surface area contributed by atoms with Crippen LogP contribution in [0.3, 0.4) is 0 Å². The number of rotatable bonds is 6. The van der Waals surface area contributed by atoms with Crippen LogP contribution in [-0.2, 0) is 6.42 Å². The number of carbonyl (C=O) groups is 1. The molecule has 180 valence electrons. The molecule has 1 heterocycles. The lowest BCUT2D eigenvalue weighted by molar-refractivity contribution is 0.0372. The minimum Gasteiger partial charge on any atom is -0.394 e. The molecule has 1 fully saturated rings. The number of allylic oxidation sites excluding steroid dienone is 2. The lowest BCUT2D eigenvalue weighted by Crippen LogP contribution is -2.43. The van der Waals surface area contributed by atoms with Crippen LogP contribution in [-0.4, -0.2) is 40.9 Å². The molecule has 0 saturated heterocycles. The predicted octanol–water partition coefficient (Wildman–Crippen LogP) is 4.24. The van der Waals surface area contributed by atoms with E-state index in [4.69, 9.17) is 0 Å². The molecule has 5 rings (SSSR count). The summed E-state index contributed by atoms with van der Waals surface area (Å²) in [6, 6.07) is 7.73. The van der Waals surface area contributed by atoms with Crippen LogP contribution in [0, 0.1) is 23.1 Å². The lowest BCUT2D eigenvalue weighted by atomic mass is 9.52. The summed E-state index contributed by atoms with van der Waals surface area (Å²) >= 11 is 0. The monoisotopic (exact) mass is 464 g/mol. The van der Waals surface area contributed by atoms with Crippen molar-refractivity contribution in [3.05, 3.63) is 70.8 Å². The maximum Gasteiger partial charge on any atom is 0.251 e. The second-order valence-electron chi connectivity index (χ2n) is 10.2. The summed E-state index contributed by atoms with van der Waals surface area (Å²) in [6.45, 7) is -0.242. The van der Waals surface area contributed by atoms with Gasteiger partial charge in [0.15, 0.2) is 0 Å². The molecule has 3 aliphatic carbocycles. The van der Waals surface area contributed by atoms with Crippen molar-refractivity contribution in [3.8, 4) is 0 Å². The summed E-state index contributed by atoms with van der Waals surface area (Å²) in [6.07, 6.45) is 10.7. The van der Waals surface area contributed by atoms with Crippen LogP contribution in [0.1, 0.15) is 71.5 Å². The fourth-order valence-corrected chi connectivity index (χ4v) is 7.19. The average Bonchev–Trinajstić information content (AvgIpc) is 3.26. The second-order valence-corrected chi connectivity index (χ2v) is 10.2. The van der Waals surface area contributed by atoms with Crippen molar-refractivity contribution in [2.24, 2.45) is 17.3 Å². The van der Waals surface area contributed by atoms with E-state index in [1.54, 1.807) is 19.3 Å². The third-order valence-electron chi connectivity index (χ3n) is 8.69. The van der Waals surface area contributed by atoms with Gasteiger partial charge in [-0.25, -0.2) is 4.39 Å². The first-order valence-corrected chi connectivity index (χ1v) is 12.4. The lowest BCUT2D eigenvalue weighted by Gasteiger charge is -2.52. The van der Waals surface area contributed by atoms with Crippen molar-refractivity contribution < 1.29 is 19.4 Å². The number of pyridine rings is 1. The van der Waals surface area contributed by atoms with E-state index < -0.39 is 6.10 Å². The summed E-state index contributed by atoms with van der Waals surface area (Å²) in [7, 11) is 1.66. The zero-order valence-electron chi connectivity index (χ0n) is 19.6. The molecule has 3 N–H and O–H groups in total. The van der Waals surface area contributed by atoms with Gasteiger partial charge in [0.1, 0.15) is 5.82 Å². The normalized spacial score (nSPS) is 28.4. The number of hydrogen-bond acceptors (Lipinski definition) is 4. The van der Waals surface area contributed by atoms with Gasteiger partial charge in [-0.3, -0.25) is 9.78 Å². The summed E-state index contributed by atoms with van der Waals surface area (Å²) < 4.78 is 14.1. The Bertz CT molecular complexity index is 1120. The minimum atomic E-state index is -0.740. The van der Waals surface area contributed by atoms with E-state index in [-0.39, 0.29) is 23.7 Å². The second kappa shape index (κ2) is 9.23. The number of aromatic nitrogens is 1. The zero-order chi connectivity index (χ0) is 23.9. The van der Waals surface area contributed by atoms with Crippen LogP contribution < -0.4 is 5.32 Å². The molecule has 1 saturated carbocycles. The number of hydrogen-bond donors (Lipinski definition) is 3. The van der Waals surface area contributed by atoms with Crippen LogP contribution in [0.25, 0.3) is 5.57 Å². The molecule has 34 heavy (non-hydrogen) atoms. The van der Waals surface area contributed by atoms with E-state index in [0.29, 0.717) is 29.7 Å². The summed E-state index contributed by atoms with van der Waals surface area (Å²) in [5.74, 6) is 0.959. The minimum absolute atomic E-state index is 0.0524. The third kappa shape index (κ3) is 3.87. The molecular weight excluding hydrogens is 431 g/mol. The molecule has 2 aromatic rings. The van der Waals surface area contributed by atoms with Gasteiger partial charge in [0, 0.05) is 18.8 Å². The van der Waals surface area contributed by atoms with Gasteiger partial charge in [-0.2, -0.15) is 0 Å². The number of carbonyl (C=O) groups excluding carboxylic acids is 1.